The van der Waals surface area contributed by atoms with Crippen molar-refractivity contribution in [3.63, 3.8) is 0 Å². The van der Waals surface area contributed by atoms with Crippen molar-refractivity contribution in [2.45, 2.75) is 83.7 Å². The second-order valence-corrected chi connectivity index (χ2v) is 6.98. The van der Waals surface area contributed by atoms with Crippen molar-refractivity contribution < 1.29 is 0 Å². The molecule has 1 heterocycles. The maximum Gasteiger partial charge on any atom is 0.0766 e. The standard InChI is InChI=1S/C16H28BrN3/c1-3-13-15(17)14(20(4-2)19-13)12-16(18)10-8-6-5-7-9-11-16/h3-12,18H2,1-2H3. The second-order valence-electron chi connectivity index (χ2n) is 6.18. The second kappa shape index (κ2) is 7.08. The average molecular weight is 342 g/mol. The Hall–Kier alpha value is -0.350. The highest BCUT2D eigenvalue weighted by Crippen LogP contribution is 2.31. The summed E-state index contributed by atoms with van der Waals surface area (Å²) in [7, 11) is 0. The van der Waals surface area contributed by atoms with Crippen LogP contribution in [0.25, 0.3) is 0 Å². The first kappa shape index (κ1) is 16.0. The van der Waals surface area contributed by atoms with E-state index in [4.69, 9.17) is 10.8 Å². The van der Waals surface area contributed by atoms with Gasteiger partial charge in [0.15, 0.2) is 0 Å². The van der Waals surface area contributed by atoms with Crippen LogP contribution in [-0.2, 0) is 19.4 Å². The van der Waals surface area contributed by atoms with Gasteiger partial charge in [-0.15, -0.1) is 0 Å². The first-order valence-electron chi connectivity index (χ1n) is 8.12. The molecular weight excluding hydrogens is 314 g/mol. The first-order valence-corrected chi connectivity index (χ1v) is 8.92. The molecule has 0 unspecified atom stereocenters. The highest BCUT2D eigenvalue weighted by atomic mass is 79.9. The molecule has 1 fully saturated rings. The predicted molar refractivity (Wildman–Crippen MR) is 87.9 cm³/mol. The summed E-state index contributed by atoms with van der Waals surface area (Å²) < 4.78 is 3.32. The van der Waals surface area contributed by atoms with E-state index in [1.807, 2.05) is 0 Å². The number of hydrogen-bond acceptors (Lipinski definition) is 2. The number of halogens is 1. The van der Waals surface area contributed by atoms with Crippen molar-refractivity contribution in [2.75, 3.05) is 0 Å². The molecule has 1 aromatic rings. The number of aromatic nitrogens is 2. The number of nitrogens with zero attached hydrogens (tertiary/aromatic N) is 2. The molecule has 0 aromatic carbocycles. The van der Waals surface area contributed by atoms with Gasteiger partial charge in [0.05, 0.1) is 15.9 Å². The molecule has 1 aromatic heterocycles. The lowest BCUT2D eigenvalue weighted by Crippen LogP contribution is -2.43. The molecule has 0 bridgehead atoms. The maximum atomic E-state index is 6.74. The maximum absolute atomic E-state index is 6.74. The van der Waals surface area contributed by atoms with Crippen LogP contribution < -0.4 is 5.73 Å². The summed E-state index contributed by atoms with van der Waals surface area (Å²) in [6.45, 7) is 5.23. The molecule has 3 nitrogen and oxygen atoms in total. The van der Waals surface area contributed by atoms with Crippen LogP contribution in [0.4, 0.5) is 0 Å². The summed E-state index contributed by atoms with van der Waals surface area (Å²) in [6.07, 6.45) is 10.8. The minimum atomic E-state index is -0.0408. The Bertz CT molecular complexity index is 431. The molecule has 0 atom stereocenters. The van der Waals surface area contributed by atoms with E-state index in [0.717, 1.165) is 37.9 Å². The predicted octanol–water partition coefficient (Wildman–Crippen LogP) is 4.21. The zero-order chi connectivity index (χ0) is 14.6. The van der Waals surface area contributed by atoms with Gasteiger partial charge in [-0.2, -0.15) is 5.10 Å². The lowest BCUT2D eigenvalue weighted by molar-refractivity contribution is 0.307. The Labute approximate surface area is 131 Å². The van der Waals surface area contributed by atoms with Crippen LogP contribution in [0.5, 0.6) is 0 Å². The molecule has 0 amide bonds. The zero-order valence-corrected chi connectivity index (χ0v) is 14.5. The Morgan fingerprint density at radius 1 is 1.15 bits per heavy atom. The summed E-state index contributed by atoms with van der Waals surface area (Å²) in [5.41, 5.74) is 9.16. The van der Waals surface area contributed by atoms with E-state index in [9.17, 15) is 0 Å². The van der Waals surface area contributed by atoms with Gasteiger partial charge in [0.2, 0.25) is 0 Å². The SMILES string of the molecule is CCc1nn(CC)c(CC2(N)CCCCCCC2)c1Br. The molecule has 0 radical (unpaired) electrons. The van der Waals surface area contributed by atoms with Crippen LogP contribution in [0.3, 0.4) is 0 Å². The fraction of sp³-hybridized carbons (Fsp3) is 0.812. The van der Waals surface area contributed by atoms with Crippen molar-refractivity contribution in [3.8, 4) is 0 Å². The van der Waals surface area contributed by atoms with E-state index >= 15 is 0 Å². The molecule has 2 rings (SSSR count). The Morgan fingerprint density at radius 3 is 2.30 bits per heavy atom. The molecule has 0 aliphatic heterocycles. The lowest BCUT2D eigenvalue weighted by Gasteiger charge is -2.31. The van der Waals surface area contributed by atoms with E-state index in [0.29, 0.717) is 0 Å². The van der Waals surface area contributed by atoms with Crippen LogP contribution in [0.2, 0.25) is 0 Å². The normalized spacial score (nSPS) is 19.6. The van der Waals surface area contributed by atoms with Crippen molar-refractivity contribution >= 4 is 15.9 Å². The third-order valence-corrected chi connectivity index (χ3v) is 5.48. The van der Waals surface area contributed by atoms with Gasteiger partial charge in [0.1, 0.15) is 0 Å². The fourth-order valence-corrected chi connectivity index (χ4v) is 4.01. The molecule has 0 spiro atoms. The molecule has 4 heteroatoms. The Morgan fingerprint density at radius 2 is 1.75 bits per heavy atom. The van der Waals surface area contributed by atoms with E-state index in [-0.39, 0.29) is 5.54 Å². The first-order chi connectivity index (χ1) is 9.59. The zero-order valence-electron chi connectivity index (χ0n) is 12.9. The highest BCUT2D eigenvalue weighted by molar-refractivity contribution is 9.10. The summed E-state index contributed by atoms with van der Waals surface area (Å²) in [6, 6.07) is 0. The van der Waals surface area contributed by atoms with Crippen LogP contribution in [0.1, 0.15) is 70.2 Å². The summed E-state index contributed by atoms with van der Waals surface area (Å²) >= 11 is 3.75. The van der Waals surface area contributed by atoms with E-state index in [2.05, 4.69) is 34.5 Å². The Kier molecular flexibility index (Phi) is 5.67. The van der Waals surface area contributed by atoms with Crippen molar-refractivity contribution in [3.05, 3.63) is 15.9 Å². The van der Waals surface area contributed by atoms with Crippen molar-refractivity contribution in [1.82, 2.24) is 9.78 Å². The van der Waals surface area contributed by atoms with Gasteiger partial charge in [-0.25, -0.2) is 0 Å². The van der Waals surface area contributed by atoms with Crippen LogP contribution in [-0.4, -0.2) is 15.3 Å². The number of nitrogens with two attached hydrogens (primary N) is 1. The quantitative estimate of drug-likeness (QED) is 0.891. The van der Waals surface area contributed by atoms with Crippen molar-refractivity contribution in [1.29, 1.82) is 0 Å². The van der Waals surface area contributed by atoms with Gasteiger partial charge in [0.25, 0.3) is 0 Å². The van der Waals surface area contributed by atoms with E-state index in [1.165, 1.54) is 42.3 Å². The monoisotopic (exact) mass is 341 g/mol. The van der Waals surface area contributed by atoms with Crippen LogP contribution in [0.15, 0.2) is 4.47 Å². The molecule has 0 saturated heterocycles. The fourth-order valence-electron chi connectivity index (χ4n) is 3.31. The molecule has 114 valence electrons. The van der Waals surface area contributed by atoms with E-state index in [1.54, 1.807) is 0 Å². The number of hydrogen-bond donors (Lipinski definition) is 1. The van der Waals surface area contributed by atoms with Crippen LogP contribution >= 0.6 is 15.9 Å². The molecule has 1 aliphatic carbocycles. The molecule has 2 N–H and O–H groups in total. The van der Waals surface area contributed by atoms with Gasteiger partial charge >= 0.3 is 0 Å². The summed E-state index contributed by atoms with van der Waals surface area (Å²) in [4.78, 5) is 0. The van der Waals surface area contributed by atoms with E-state index < -0.39 is 0 Å². The number of rotatable bonds is 4. The average Bonchev–Trinajstić information content (AvgIpc) is 2.71. The van der Waals surface area contributed by atoms with Gasteiger partial charge in [-0.05, 0) is 42.1 Å². The molecule has 1 saturated carbocycles. The molecular formula is C16H28BrN3. The summed E-state index contributed by atoms with van der Waals surface area (Å²) in [5.74, 6) is 0. The van der Waals surface area contributed by atoms with Gasteiger partial charge in [-0.3, -0.25) is 4.68 Å². The molecule has 1 aliphatic rings. The largest absolute Gasteiger partial charge is 0.325 e. The van der Waals surface area contributed by atoms with Gasteiger partial charge in [0, 0.05) is 18.5 Å². The summed E-state index contributed by atoms with van der Waals surface area (Å²) in [5, 5.41) is 4.70. The van der Waals surface area contributed by atoms with Gasteiger partial charge in [-0.1, -0.05) is 39.0 Å². The minimum absolute atomic E-state index is 0.0408. The van der Waals surface area contributed by atoms with Crippen LogP contribution in [0, 0.1) is 0 Å². The smallest absolute Gasteiger partial charge is 0.0766 e. The van der Waals surface area contributed by atoms with Crippen molar-refractivity contribution in [2.24, 2.45) is 5.73 Å². The topological polar surface area (TPSA) is 43.8 Å². The van der Waals surface area contributed by atoms with Gasteiger partial charge < -0.3 is 5.73 Å². The Balaban J connectivity index is 2.20. The minimum Gasteiger partial charge on any atom is -0.325 e. The number of aryl methyl sites for hydroxylation is 2. The highest BCUT2D eigenvalue weighted by Gasteiger charge is 2.29. The third-order valence-electron chi connectivity index (χ3n) is 4.56. The lowest BCUT2D eigenvalue weighted by atomic mass is 9.81. The molecule has 20 heavy (non-hydrogen) atoms. The third kappa shape index (κ3) is 3.64.